The number of benzene rings is 1. The van der Waals surface area contributed by atoms with Gasteiger partial charge in [-0.05, 0) is 56.4 Å². The Morgan fingerprint density at radius 2 is 2.14 bits per heavy atom. The number of ether oxygens (including phenoxy) is 1. The highest BCUT2D eigenvalue weighted by molar-refractivity contribution is 5.47. The van der Waals surface area contributed by atoms with Crippen molar-refractivity contribution in [3.8, 4) is 5.75 Å². The summed E-state index contributed by atoms with van der Waals surface area (Å²) in [6.07, 6.45) is 2.97. The number of nitrogen functional groups attached to an aromatic ring is 1. The summed E-state index contributed by atoms with van der Waals surface area (Å²) in [5.41, 5.74) is 7.60. The second-order valence-electron chi connectivity index (χ2n) is 4.19. The number of hydrogen-bond donors (Lipinski definition) is 1. The zero-order chi connectivity index (χ0) is 10.1. The van der Waals surface area contributed by atoms with E-state index in [-0.39, 0.29) is 0 Å². The van der Waals surface area contributed by atoms with Crippen LogP contribution < -0.4 is 10.5 Å². The predicted octanol–water partition coefficient (Wildman–Crippen LogP) is 2.75. The van der Waals surface area contributed by atoms with Crippen LogP contribution in [0.1, 0.15) is 25.3 Å². The summed E-state index contributed by atoms with van der Waals surface area (Å²) in [6, 6.07) is 5.81. The number of anilines is 1. The maximum atomic E-state index is 5.87. The van der Waals surface area contributed by atoms with Crippen LogP contribution in [-0.4, -0.2) is 6.10 Å². The van der Waals surface area contributed by atoms with Gasteiger partial charge < -0.3 is 10.5 Å². The van der Waals surface area contributed by atoms with Crippen molar-refractivity contribution in [2.24, 2.45) is 5.92 Å². The van der Waals surface area contributed by atoms with Crippen LogP contribution in [0, 0.1) is 12.8 Å². The van der Waals surface area contributed by atoms with Crippen molar-refractivity contribution >= 4 is 5.69 Å². The lowest BCUT2D eigenvalue weighted by atomic mass is 10.2. The van der Waals surface area contributed by atoms with E-state index in [9.17, 15) is 0 Å². The standard InChI is InChI=1S/C12H17NO/c1-8-7-11(13)5-6-12(8)14-9(2)10-3-4-10/h5-7,9-10H,3-4,13H2,1-2H3/t9-/m0/s1. The minimum Gasteiger partial charge on any atom is -0.490 e. The van der Waals surface area contributed by atoms with Crippen LogP contribution in [0.4, 0.5) is 5.69 Å². The van der Waals surface area contributed by atoms with Crippen LogP contribution in [0.2, 0.25) is 0 Å². The average Bonchev–Trinajstić information content (AvgIpc) is 2.92. The highest BCUT2D eigenvalue weighted by Crippen LogP contribution is 2.35. The summed E-state index contributed by atoms with van der Waals surface area (Å²) < 4.78 is 5.87. The molecule has 0 aromatic heterocycles. The zero-order valence-corrected chi connectivity index (χ0v) is 8.79. The first kappa shape index (κ1) is 9.38. The van der Waals surface area contributed by atoms with E-state index in [4.69, 9.17) is 10.5 Å². The normalized spacial score (nSPS) is 17.9. The van der Waals surface area contributed by atoms with Gasteiger partial charge in [-0.15, -0.1) is 0 Å². The lowest BCUT2D eigenvalue weighted by Gasteiger charge is -2.15. The Hall–Kier alpha value is -1.18. The van der Waals surface area contributed by atoms with Crippen molar-refractivity contribution in [1.82, 2.24) is 0 Å². The molecule has 1 atom stereocenters. The van der Waals surface area contributed by atoms with E-state index < -0.39 is 0 Å². The highest BCUT2D eigenvalue weighted by Gasteiger charge is 2.29. The molecule has 14 heavy (non-hydrogen) atoms. The molecule has 1 aromatic rings. The van der Waals surface area contributed by atoms with E-state index in [1.807, 2.05) is 25.1 Å². The highest BCUT2D eigenvalue weighted by atomic mass is 16.5. The SMILES string of the molecule is Cc1cc(N)ccc1O[C@@H](C)C1CC1. The molecule has 0 aliphatic heterocycles. The Morgan fingerprint density at radius 1 is 1.43 bits per heavy atom. The molecule has 76 valence electrons. The van der Waals surface area contributed by atoms with Crippen LogP contribution in [0.5, 0.6) is 5.75 Å². The minimum absolute atomic E-state index is 0.345. The summed E-state index contributed by atoms with van der Waals surface area (Å²) in [5.74, 6) is 1.74. The zero-order valence-electron chi connectivity index (χ0n) is 8.79. The van der Waals surface area contributed by atoms with Crippen molar-refractivity contribution in [2.75, 3.05) is 5.73 Å². The Labute approximate surface area is 85.1 Å². The van der Waals surface area contributed by atoms with Crippen LogP contribution >= 0.6 is 0 Å². The van der Waals surface area contributed by atoms with Gasteiger partial charge in [0.2, 0.25) is 0 Å². The third-order valence-electron chi connectivity index (χ3n) is 2.80. The van der Waals surface area contributed by atoms with Gasteiger partial charge in [-0.25, -0.2) is 0 Å². The molecule has 0 unspecified atom stereocenters. The molecule has 1 fully saturated rings. The summed E-state index contributed by atoms with van der Waals surface area (Å²) in [4.78, 5) is 0. The molecule has 1 aliphatic carbocycles. The smallest absolute Gasteiger partial charge is 0.122 e. The topological polar surface area (TPSA) is 35.2 Å². The number of hydrogen-bond acceptors (Lipinski definition) is 2. The van der Waals surface area contributed by atoms with Crippen molar-refractivity contribution in [3.63, 3.8) is 0 Å². The summed E-state index contributed by atoms with van der Waals surface area (Å²) in [7, 11) is 0. The van der Waals surface area contributed by atoms with E-state index in [1.165, 1.54) is 12.8 Å². The monoisotopic (exact) mass is 191 g/mol. The molecular weight excluding hydrogens is 174 g/mol. The molecule has 2 N–H and O–H groups in total. The van der Waals surface area contributed by atoms with Crippen LogP contribution in [0.3, 0.4) is 0 Å². The number of rotatable bonds is 3. The van der Waals surface area contributed by atoms with E-state index >= 15 is 0 Å². The number of aryl methyl sites for hydroxylation is 1. The predicted molar refractivity (Wildman–Crippen MR) is 58.4 cm³/mol. The van der Waals surface area contributed by atoms with E-state index in [1.54, 1.807) is 0 Å². The van der Waals surface area contributed by atoms with Crippen molar-refractivity contribution < 1.29 is 4.74 Å². The van der Waals surface area contributed by atoms with Crippen molar-refractivity contribution in [3.05, 3.63) is 23.8 Å². The van der Waals surface area contributed by atoms with Gasteiger partial charge in [0.15, 0.2) is 0 Å². The van der Waals surface area contributed by atoms with Crippen LogP contribution in [0.25, 0.3) is 0 Å². The van der Waals surface area contributed by atoms with Gasteiger partial charge >= 0.3 is 0 Å². The molecule has 1 aliphatic rings. The second kappa shape index (κ2) is 3.52. The first-order valence-electron chi connectivity index (χ1n) is 5.19. The Bertz CT molecular complexity index is 331. The fourth-order valence-corrected chi connectivity index (χ4v) is 1.67. The van der Waals surface area contributed by atoms with E-state index in [2.05, 4.69) is 6.92 Å². The molecule has 2 nitrogen and oxygen atoms in total. The fraction of sp³-hybridized carbons (Fsp3) is 0.500. The summed E-state index contributed by atoms with van der Waals surface area (Å²) in [6.45, 7) is 4.18. The van der Waals surface area contributed by atoms with Crippen LogP contribution in [0.15, 0.2) is 18.2 Å². The molecule has 0 amide bonds. The van der Waals surface area contributed by atoms with Gasteiger partial charge in [0.1, 0.15) is 5.75 Å². The fourth-order valence-electron chi connectivity index (χ4n) is 1.67. The number of nitrogens with two attached hydrogens (primary N) is 1. The van der Waals surface area contributed by atoms with Gasteiger partial charge in [-0.2, -0.15) is 0 Å². The molecule has 0 bridgehead atoms. The van der Waals surface area contributed by atoms with Crippen LogP contribution in [-0.2, 0) is 0 Å². The molecule has 0 saturated heterocycles. The minimum atomic E-state index is 0.345. The third kappa shape index (κ3) is 2.00. The van der Waals surface area contributed by atoms with Gasteiger partial charge in [0.25, 0.3) is 0 Å². The van der Waals surface area contributed by atoms with Gasteiger partial charge in [0.05, 0.1) is 6.10 Å². The van der Waals surface area contributed by atoms with Crippen molar-refractivity contribution in [2.45, 2.75) is 32.8 Å². The van der Waals surface area contributed by atoms with Gasteiger partial charge in [0, 0.05) is 5.69 Å². The Balaban J connectivity index is 2.07. The van der Waals surface area contributed by atoms with Crippen molar-refractivity contribution in [1.29, 1.82) is 0 Å². The molecule has 1 aromatic carbocycles. The lowest BCUT2D eigenvalue weighted by molar-refractivity contribution is 0.197. The molecule has 0 radical (unpaired) electrons. The van der Waals surface area contributed by atoms with E-state index in [0.717, 1.165) is 22.9 Å². The molecule has 0 spiro atoms. The average molecular weight is 191 g/mol. The quantitative estimate of drug-likeness (QED) is 0.745. The second-order valence-corrected chi connectivity index (χ2v) is 4.19. The molecule has 2 rings (SSSR count). The molecule has 2 heteroatoms. The van der Waals surface area contributed by atoms with E-state index in [0.29, 0.717) is 6.10 Å². The Morgan fingerprint density at radius 3 is 2.71 bits per heavy atom. The first-order chi connectivity index (χ1) is 6.66. The third-order valence-corrected chi connectivity index (χ3v) is 2.80. The summed E-state index contributed by atoms with van der Waals surface area (Å²) >= 11 is 0. The first-order valence-corrected chi connectivity index (χ1v) is 5.19. The molecule has 0 heterocycles. The summed E-state index contributed by atoms with van der Waals surface area (Å²) in [5, 5.41) is 0. The molecular formula is C12H17NO. The largest absolute Gasteiger partial charge is 0.490 e. The maximum absolute atomic E-state index is 5.87. The Kier molecular flexibility index (Phi) is 2.36. The maximum Gasteiger partial charge on any atom is 0.122 e. The lowest BCUT2D eigenvalue weighted by Crippen LogP contribution is -2.14. The van der Waals surface area contributed by atoms with Gasteiger partial charge in [-0.3, -0.25) is 0 Å². The molecule has 1 saturated carbocycles. The van der Waals surface area contributed by atoms with Gasteiger partial charge in [-0.1, -0.05) is 0 Å².